The first-order valence-electron chi connectivity index (χ1n) is 6.97. The quantitative estimate of drug-likeness (QED) is 0.320. The molecule has 0 spiro atoms. The standard InChI is InChI=1S/C14H29PS/c1-4-5-6-7-8-9-10-11-12-13-14(2,3)15-16/h4-13H2,1-3H3. The highest BCUT2D eigenvalue weighted by atomic mass is 32.4. The minimum Gasteiger partial charge on any atom is -0.0654 e. The molecule has 0 saturated carbocycles. The summed E-state index contributed by atoms with van der Waals surface area (Å²) in [5.74, 6) is 0. The highest BCUT2D eigenvalue weighted by Gasteiger charge is 2.13. The van der Waals surface area contributed by atoms with Crippen molar-refractivity contribution in [2.24, 2.45) is 0 Å². The summed E-state index contributed by atoms with van der Waals surface area (Å²) in [6, 6.07) is 0. The topological polar surface area (TPSA) is 0 Å². The zero-order valence-corrected chi connectivity index (χ0v) is 13.1. The molecule has 0 aromatic carbocycles. The Balaban J connectivity index is 3.13. The first-order valence-corrected chi connectivity index (χ1v) is 8.87. The maximum atomic E-state index is 5.12. The molecule has 0 amide bonds. The largest absolute Gasteiger partial charge is 0.0654 e. The molecule has 0 aromatic heterocycles. The van der Waals surface area contributed by atoms with Crippen molar-refractivity contribution in [1.82, 2.24) is 0 Å². The van der Waals surface area contributed by atoms with Crippen LogP contribution >= 0.6 is 7.36 Å². The lowest BCUT2D eigenvalue weighted by atomic mass is 10.0. The summed E-state index contributed by atoms with van der Waals surface area (Å²) in [7, 11) is 1.13. The number of rotatable bonds is 11. The molecular formula is C14H29PS. The summed E-state index contributed by atoms with van der Waals surface area (Å²) in [6.45, 7) is 6.85. The fraction of sp³-hybridized carbons (Fsp3) is 1.00. The second kappa shape index (κ2) is 10.7. The molecule has 0 saturated heterocycles. The van der Waals surface area contributed by atoms with Crippen molar-refractivity contribution in [3.63, 3.8) is 0 Å². The van der Waals surface area contributed by atoms with E-state index in [2.05, 4.69) is 20.8 Å². The van der Waals surface area contributed by atoms with E-state index in [1.807, 2.05) is 0 Å². The fourth-order valence-corrected chi connectivity index (χ4v) is 2.44. The Morgan fingerprint density at radius 1 is 0.812 bits per heavy atom. The molecule has 96 valence electrons. The van der Waals surface area contributed by atoms with Crippen molar-refractivity contribution in [2.75, 3.05) is 0 Å². The van der Waals surface area contributed by atoms with E-state index in [-0.39, 0.29) is 0 Å². The highest BCUT2D eigenvalue weighted by molar-refractivity contribution is 7.97. The maximum absolute atomic E-state index is 5.12. The molecule has 0 nitrogen and oxygen atoms in total. The number of hydrogen-bond donors (Lipinski definition) is 0. The van der Waals surface area contributed by atoms with Gasteiger partial charge in [0.25, 0.3) is 0 Å². The lowest BCUT2D eigenvalue weighted by molar-refractivity contribution is 0.528. The molecule has 16 heavy (non-hydrogen) atoms. The summed E-state index contributed by atoms with van der Waals surface area (Å²) < 4.78 is 0. The normalized spacial score (nSPS) is 12.2. The zero-order chi connectivity index (χ0) is 12.3. The Kier molecular flexibility index (Phi) is 11.0. The van der Waals surface area contributed by atoms with Crippen molar-refractivity contribution >= 4 is 19.2 Å². The van der Waals surface area contributed by atoms with Crippen molar-refractivity contribution in [3.05, 3.63) is 0 Å². The van der Waals surface area contributed by atoms with Crippen LogP contribution in [0.3, 0.4) is 0 Å². The molecule has 0 aliphatic rings. The molecule has 0 fully saturated rings. The summed E-state index contributed by atoms with van der Waals surface area (Å²) in [5.41, 5.74) is 0. The van der Waals surface area contributed by atoms with Gasteiger partial charge in [0.1, 0.15) is 0 Å². The zero-order valence-electron chi connectivity index (χ0n) is 11.4. The van der Waals surface area contributed by atoms with E-state index >= 15 is 0 Å². The number of hydrogen-bond acceptors (Lipinski definition) is 1. The Bertz CT molecular complexity index is 166. The SMILES string of the molecule is CCCCCCCCCCCC(C)(C)P=S. The summed E-state index contributed by atoms with van der Waals surface area (Å²) in [5, 5.41) is 0.371. The predicted octanol–water partition coefficient (Wildman–Crippen LogP) is 6.09. The van der Waals surface area contributed by atoms with Gasteiger partial charge in [0.15, 0.2) is 0 Å². The Hall–Kier alpha value is 0.520. The van der Waals surface area contributed by atoms with Crippen LogP contribution in [-0.4, -0.2) is 5.16 Å². The monoisotopic (exact) mass is 260 g/mol. The van der Waals surface area contributed by atoms with Crippen LogP contribution in [0.2, 0.25) is 0 Å². The number of unbranched alkanes of at least 4 members (excludes halogenated alkanes) is 8. The van der Waals surface area contributed by atoms with Gasteiger partial charge in [-0.1, -0.05) is 90.4 Å². The van der Waals surface area contributed by atoms with Crippen molar-refractivity contribution < 1.29 is 0 Å². The van der Waals surface area contributed by atoms with Gasteiger partial charge in [0.2, 0.25) is 0 Å². The van der Waals surface area contributed by atoms with Gasteiger partial charge in [-0.25, -0.2) is 0 Å². The van der Waals surface area contributed by atoms with Crippen molar-refractivity contribution in [3.8, 4) is 0 Å². The lowest BCUT2D eigenvalue weighted by Gasteiger charge is -2.16. The van der Waals surface area contributed by atoms with Crippen LogP contribution in [-0.2, 0) is 11.8 Å². The summed E-state index contributed by atoms with van der Waals surface area (Å²) >= 11 is 5.12. The van der Waals surface area contributed by atoms with Gasteiger partial charge in [-0.15, -0.1) is 0 Å². The molecule has 0 unspecified atom stereocenters. The first kappa shape index (κ1) is 16.5. The van der Waals surface area contributed by atoms with Crippen LogP contribution in [0.25, 0.3) is 0 Å². The highest BCUT2D eigenvalue weighted by Crippen LogP contribution is 2.28. The molecule has 0 aliphatic carbocycles. The van der Waals surface area contributed by atoms with Gasteiger partial charge in [-0.05, 0) is 13.8 Å². The average Bonchev–Trinajstić information content (AvgIpc) is 2.27. The van der Waals surface area contributed by atoms with E-state index in [0.717, 1.165) is 7.36 Å². The van der Waals surface area contributed by atoms with Crippen LogP contribution in [0.15, 0.2) is 0 Å². The Labute approximate surface area is 109 Å². The fourth-order valence-electron chi connectivity index (χ4n) is 1.91. The van der Waals surface area contributed by atoms with E-state index < -0.39 is 0 Å². The van der Waals surface area contributed by atoms with E-state index in [9.17, 15) is 0 Å². The Morgan fingerprint density at radius 2 is 1.25 bits per heavy atom. The van der Waals surface area contributed by atoms with E-state index in [1.54, 1.807) is 0 Å². The van der Waals surface area contributed by atoms with Gasteiger partial charge in [-0.2, -0.15) is 0 Å². The molecule has 0 aromatic rings. The Morgan fingerprint density at radius 3 is 1.69 bits per heavy atom. The van der Waals surface area contributed by atoms with Gasteiger partial charge >= 0.3 is 0 Å². The van der Waals surface area contributed by atoms with Crippen LogP contribution in [0, 0.1) is 0 Å². The van der Waals surface area contributed by atoms with Crippen LogP contribution in [0.1, 0.15) is 85.0 Å². The van der Waals surface area contributed by atoms with Gasteiger partial charge in [0, 0.05) is 5.16 Å². The molecule has 0 radical (unpaired) electrons. The van der Waals surface area contributed by atoms with Crippen molar-refractivity contribution in [2.45, 2.75) is 90.1 Å². The van der Waals surface area contributed by atoms with Crippen LogP contribution in [0.5, 0.6) is 0 Å². The van der Waals surface area contributed by atoms with Gasteiger partial charge in [-0.3, -0.25) is 0 Å². The molecular weight excluding hydrogens is 231 g/mol. The lowest BCUT2D eigenvalue weighted by Crippen LogP contribution is -2.09. The summed E-state index contributed by atoms with van der Waals surface area (Å²) in [4.78, 5) is 0. The van der Waals surface area contributed by atoms with E-state index in [0.29, 0.717) is 5.16 Å². The van der Waals surface area contributed by atoms with Gasteiger partial charge < -0.3 is 0 Å². The molecule has 0 rings (SSSR count). The third-order valence-corrected chi connectivity index (χ3v) is 5.34. The first-order chi connectivity index (χ1) is 7.62. The molecule has 0 N–H and O–H groups in total. The van der Waals surface area contributed by atoms with Crippen molar-refractivity contribution in [1.29, 1.82) is 0 Å². The molecule has 0 atom stereocenters. The second-order valence-electron chi connectivity index (χ2n) is 5.48. The van der Waals surface area contributed by atoms with E-state index in [4.69, 9.17) is 11.8 Å². The third-order valence-electron chi connectivity index (χ3n) is 3.14. The van der Waals surface area contributed by atoms with E-state index in [1.165, 1.54) is 64.2 Å². The molecule has 0 aliphatic heterocycles. The second-order valence-corrected chi connectivity index (χ2v) is 7.42. The van der Waals surface area contributed by atoms with Crippen LogP contribution < -0.4 is 0 Å². The third kappa shape index (κ3) is 11.0. The van der Waals surface area contributed by atoms with Crippen LogP contribution in [0.4, 0.5) is 0 Å². The average molecular weight is 260 g/mol. The smallest absolute Gasteiger partial charge is 0.0170 e. The summed E-state index contributed by atoms with van der Waals surface area (Å²) in [6.07, 6.45) is 14.1. The predicted molar refractivity (Wildman–Crippen MR) is 80.2 cm³/mol. The molecule has 0 heterocycles. The minimum absolute atomic E-state index is 0.371. The minimum atomic E-state index is 0.371. The molecule has 2 heteroatoms. The molecule has 0 bridgehead atoms. The maximum Gasteiger partial charge on any atom is 0.0170 e. The van der Waals surface area contributed by atoms with Gasteiger partial charge in [0.05, 0.1) is 0 Å².